The van der Waals surface area contributed by atoms with Crippen molar-refractivity contribution in [3.63, 3.8) is 0 Å². The number of amides is 2. The maximum atomic E-state index is 13.1. The molecule has 1 atom stereocenters. The lowest BCUT2D eigenvalue weighted by molar-refractivity contribution is -0.142. The Morgan fingerprint density at radius 2 is 1.63 bits per heavy atom. The quantitative estimate of drug-likeness (QED) is 0.739. The van der Waals surface area contributed by atoms with Gasteiger partial charge in [-0.25, -0.2) is 0 Å². The van der Waals surface area contributed by atoms with Crippen LogP contribution in [0, 0.1) is 20.8 Å². The first-order chi connectivity index (χ1) is 13.9. The lowest BCUT2D eigenvalue weighted by atomic mass is 10.1. The average molecular weight is 411 g/mol. The number of benzene rings is 2. The Kier molecular flexibility index (Phi) is 7.65. The molecule has 2 rings (SSSR count). The van der Waals surface area contributed by atoms with Gasteiger partial charge in [-0.1, -0.05) is 35.9 Å². The third-order valence-corrected chi connectivity index (χ3v) is 4.66. The van der Waals surface area contributed by atoms with Crippen molar-refractivity contribution in [2.45, 2.75) is 66.6 Å². The number of aryl methyl sites for hydroxylation is 3. The van der Waals surface area contributed by atoms with Gasteiger partial charge in [-0.2, -0.15) is 0 Å². The third kappa shape index (κ3) is 7.21. The first-order valence-electron chi connectivity index (χ1n) is 10.3. The summed E-state index contributed by atoms with van der Waals surface area (Å²) in [6.45, 7) is 13.7. The fourth-order valence-corrected chi connectivity index (χ4v) is 3.31. The molecule has 2 amide bonds. The van der Waals surface area contributed by atoms with Crippen LogP contribution >= 0.6 is 0 Å². The van der Waals surface area contributed by atoms with E-state index >= 15 is 0 Å². The van der Waals surface area contributed by atoms with Crippen molar-refractivity contribution in [1.82, 2.24) is 10.2 Å². The molecule has 0 heterocycles. The van der Waals surface area contributed by atoms with Crippen molar-refractivity contribution < 1.29 is 14.3 Å². The Morgan fingerprint density at radius 1 is 1.00 bits per heavy atom. The monoisotopic (exact) mass is 410 g/mol. The van der Waals surface area contributed by atoms with Gasteiger partial charge in [-0.05, 0) is 77.3 Å². The van der Waals surface area contributed by atoms with E-state index in [1.807, 2.05) is 77.9 Å². The number of carbonyl (C=O) groups excluding carboxylic acids is 2. The molecule has 0 saturated heterocycles. The van der Waals surface area contributed by atoms with E-state index in [4.69, 9.17) is 4.74 Å². The second kappa shape index (κ2) is 9.79. The highest BCUT2D eigenvalue weighted by atomic mass is 16.5. The van der Waals surface area contributed by atoms with Crippen LogP contribution in [-0.2, 0) is 16.1 Å². The van der Waals surface area contributed by atoms with Gasteiger partial charge in [0, 0.05) is 12.1 Å². The molecule has 0 aliphatic rings. The summed E-state index contributed by atoms with van der Waals surface area (Å²) < 4.78 is 5.78. The van der Waals surface area contributed by atoms with Crippen LogP contribution in [0.15, 0.2) is 42.5 Å². The SMILES string of the molecule is Cc1cccc(CN(C(=O)COc2cc(C)cc(C)c2)[C@H](C)C(=O)NC(C)(C)C)c1. The van der Waals surface area contributed by atoms with Gasteiger partial charge in [-0.3, -0.25) is 9.59 Å². The van der Waals surface area contributed by atoms with E-state index in [1.165, 1.54) is 0 Å². The van der Waals surface area contributed by atoms with Gasteiger partial charge in [0.15, 0.2) is 6.61 Å². The van der Waals surface area contributed by atoms with Gasteiger partial charge in [0.2, 0.25) is 5.91 Å². The van der Waals surface area contributed by atoms with Crippen LogP contribution in [0.1, 0.15) is 49.9 Å². The normalized spacial score (nSPS) is 12.2. The van der Waals surface area contributed by atoms with Crippen LogP contribution in [0.5, 0.6) is 5.75 Å². The Labute approximate surface area is 180 Å². The van der Waals surface area contributed by atoms with Gasteiger partial charge in [0.25, 0.3) is 5.91 Å². The van der Waals surface area contributed by atoms with Crippen LogP contribution in [0.2, 0.25) is 0 Å². The van der Waals surface area contributed by atoms with Gasteiger partial charge in [0.1, 0.15) is 11.8 Å². The minimum atomic E-state index is -0.625. The van der Waals surface area contributed by atoms with Crippen molar-refractivity contribution in [3.8, 4) is 5.75 Å². The molecule has 0 spiro atoms. The molecule has 162 valence electrons. The lowest BCUT2D eigenvalue weighted by Crippen LogP contribution is -2.53. The van der Waals surface area contributed by atoms with Gasteiger partial charge in [-0.15, -0.1) is 0 Å². The molecule has 0 aliphatic carbocycles. The highest BCUT2D eigenvalue weighted by Gasteiger charge is 2.28. The smallest absolute Gasteiger partial charge is 0.261 e. The molecule has 5 heteroatoms. The molecule has 0 fully saturated rings. The van der Waals surface area contributed by atoms with Crippen LogP contribution in [0.3, 0.4) is 0 Å². The minimum absolute atomic E-state index is 0.123. The molecule has 0 radical (unpaired) electrons. The average Bonchev–Trinajstić information content (AvgIpc) is 2.61. The molecule has 1 N–H and O–H groups in total. The number of hydrogen-bond acceptors (Lipinski definition) is 3. The molecule has 2 aromatic carbocycles. The molecule has 0 saturated carbocycles. The van der Waals surface area contributed by atoms with Crippen LogP contribution in [0.4, 0.5) is 0 Å². The minimum Gasteiger partial charge on any atom is -0.484 e. The van der Waals surface area contributed by atoms with Crippen molar-refractivity contribution in [3.05, 3.63) is 64.7 Å². The molecule has 30 heavy (non-hydrogen) atoms. The Hall–Kier alpha value is -2.82. The van der Waals surface area contributed by atoms with E-state index in [0.29, 0.717) is 12.3 Å². The second-order valence-corrected chi connectivity index (χ2v) is 9.04. The third-order valence-electron chi connectivity index (χ3n) is 4.66. The zero-order chi connectivity index (χ0) is 22.5. The summed E-state index contributed by atoms with van der Waals surface area (Å²) >= 11 is 0. The maximum absolute atomic E-state index is 13.1. The number of nitrogens with zero attached hydrogens (tertiary/aromatic N) is 1. The standard InChI is InChI=1S/C25H34N2O3/c1-17-9-8-10-21(12-17)15-27(20(4)24(29)26-25(5,6)7)23(28)16-30-22-13-18(2)11-19(3)14-22/h8-14,20H,15-16H2,1-7H3,(H,26,29)/t20-/m1/s1. The fourth-order valence-electron chi connectivity index (χ4n) is 3.31. The molecule has 0 bridgehead atoms. The molecule has 0 aromatic heterocycles. The predicted molar refractivity (Wildman–Crippen MR) is 120 cm³/mol. The van der Waals surface area contributed by atoms with Gasteiger partial charge >= 0.3 is 0 Å². The first kappa shape index (κ1) is 23.5. The van der Waals surface area contributed by atoms with Crippen LogP contribution in [0.25, 0.3) is 0 Å². The van der Waals surface area contributed by atoms with Crippen LogP contribution < -0.4 is 10.1 Å². The molecular weight excluding hydrogens is 376 g/mol. The predicted octanol–water partition coefficient (Wildman–Crippen LogP) is 4.32. The zero-order valence-corrected chi connectivity index (χ0v) is 19.2. The van der Waals surface area contributed by atoms with E-state index in [2.05, 4.69) is 11.4 Å². The molecule has 0 aliphatic heterocycles. The Bertz CT molecular complexity index is 879. The summed E-state index contributed by atoms with van der Waals surface area (Å²) in [7, 11) is 0. The largest absolute Gasteiger partial charge is 0.484 e. The molecule has 0 unspecified atom stereocenters. The summed E-state index contributed by atoms with van der Waals surface area (Å²) in [5, 5.41) is 2.97. The van der Waals surface area contributed by atoms with Gasteiger partial charge < -0.3 is 15.0 Å². The Morgan fingerprint density at radius 3 is 2.20 bits per heavy atom. The number of carbonyl (C=O) groups is 2. The Balaban J connectivity index is 2.20. The number of nitrogens with one attached hydrogen (secondary N) is 1. The molecule has 2 aromatic rings. The topological polar surface area (TPSA) is 58.6 Å². The maximum Gasteiger partial charge on any atom is 0.261 e. The summed E-state index contributed by atoms with van der Waals surface area (Å²) in [6.07, 6.45) is 0. The summed E-state index contributed by atoms with van der Waals surface area (Å²) in [4.78, 5) is 27.5. The first-order valence-corrected chi connectivity index (χ1v) is 10.3. The van der Waals surface area contributed by atoms with Crippen LogP contribution in [-0.4, -0.2) is 34.9 Å². The molecular formula is C25H34N2O3. The lowest BCUT2D eigenvalue weighted by Gasteiger charge is -2.31. The van der Waals surface area contributed by atoms with E-state index in [9.17, 15) is 9.59 Å². The van der Waals surface area contributed by atoms with Crippen molar-refractivity contribution in [2.24, 2.45) is 0 Å². The van der Waals surface area contributed by atoms with E-state index in [-0.39, 0.29) is 24.0 Å². The summed E-state index contributed by atoms with van der Waals surface area (Å²) in [6, 6.07) is 13.2. The number of hydrogen-bond donors (Lipinski definition) is 1. The number of rotatable bonds is 7. The van der Waals surface area contributed by atoms with E-state index < -0.39 is 6.04 Å². The summed E-state index contributed by atoms with van der Waals surface area (Å²) in [5.41, 5.74) is 3.86. The zero-order valence-electron chi connectivity index (χ0n) is 19.2. The second-order valence-electron chi connectivity index (χ2n) is 9.04. The highest BCUT2D eigenvalue weighted by Crippen LogP contribution is 2.17. The van der Waals surface area contributed by atoms with E-state index in [0.717, 1.165) is 22.3 Å². The van der Waals surface area contributed by atoms with Crippen molar-refractivity contribution in [2.75, 3.05) is 6.61 Å². The van der Waals surface area contributed by atoms with Gasteiger partial charge in [0.05, 0.1) is 0 Å². The van der Waals surface area contributed by atoms with E-state index in [1.54, 1.807) is 11.8 Å². The highest BCUT2D eigenvalue weighted by molar-refractivity contribution is 5.88. The van der Waals surface area contributed by atoms with Crippen molar-refractivity contribution >= 4 is 11.8 Å². The fraction of sp³-hybridized carbons (Fsp3) is 0.440. The van der Waals surface area contributed by atoms with Crippen molar-refractivity contribution in [1.29, 1.82) is 0 Å². The summed E-state index contributed by atoms with van der Waals surface area (Å²) in [5.74, 6) is 0.241. The molecule has 5 nitrogen and oxygen atoms in total. The number of ether oxygens (including phenoxy) is 1.